The van der Waals surface area contributed by atoms with Crippen LogP contribution in [0, 0.1) is 6.92 Å². The maximum absolute atomic E-state index is 4.64. The maximum atomic E-state index is 4.64. The van der Waals surface area contributed by atoms with E-state index in [9.17, 15) is 0 Å². The van der Waals surface area contributed by atoms with Crippen LogP contribution in [0.5, 0.6) is 0 Å². The van der Waals surface area contributed by atoms with Crippen molar-refractivity contribution in [1.29, 1.82) is 0 Å². The van der Waals surface area contributed by atoms with Gasteiger partial charge in [-0.15, -0.1) is 35.3 Å². The van der Waals surface area contributed by atoms with Gasteiger partial charge in [0, 0.05) is 31.4 Å². The minimum absolute atomic E-state index is 0. The summed E-state index contributed by atoms with van der Waals surface area (Å²) in [5, 5.41) is 9.94. The molecule has 0 bridgehead atoms. The van der Waals surface area contributed by atoms with E-state index in [-0.39, 0.29) is 24.0 Å². The Kier molecular flexibility index (Phi) is 10.7. The molecule has 0 radical (unpaired) electrons. The SMILES string of the molecule is CCNC(=NCCc1csc(C)n1)NCCc1ccc(CC)cc1.I. The zero-order valence-electron chi connectivity index (χ0n) is 15.3. The van der Waals surface area contributed by atoms with Gasteiger partial charge >= 0.3 is 0 Å². The lowest BCUT2D eigenvalue weighted by Crippen LogP contribution is -2.38. The van der Waals surface area contributed by atoms with Crippen LogP contribution >= 0.6 is 35.3 Å². The van der Waals surface area contributed by atoms with Gasteiger partial charge in [-0.05, 0) is 37.8 Å². The lowest BCUT2D eigenvalue weighted by molar-refractivity contribution is 0.794. The smallest absolute Gasteiger partial charge is 0.191 e. The van der Waals surface area contributed by atoms with Crippen LogP contribution in [0.4, 0.5) is 0 Å². The van der Waals surface area contributed by atoms with Crippen molar-refractivity contribution >= 4 is 41.3 Å². The van der Waals surface area contributed by atoms with E-state index in [0.717, 1.165) is 55.6 Å². The molecule has 1 aromatic heterocycles. The highest BCUT2D eigenvalue weighted by Crippen LogP contribution is 2.08. The summed E-state index contributed by atoms with van der Waals surface area (Å²) in [4.78, 5) is 9.11. The number of hydrogen-bond acceptors (Lipinski definition) is 3. The van der Waals surface area contributed by atoms with Crippen LogP contribution in [-0.2, 0) is 19.3 Å². The summed E-state index contributed by atoms with van der Waals surface area (Å²) in [5.74, 6) is 0.884. The number of thiazole rings is 1. The highest BCUT2D eigenvalue weighted by molar-refractivity contribution is 14.0. The summed E-state index contributed by atoms with van der Waals surface area (Å²) in [7, 11) is 0. The average molecular weight is 472 g/mol. The first kappa shape index (κ1) is 21.9. The number of nitrogens with zero attached hydrogens (tertiary/aromatic N) is 2. The van der Waals surface area contributed by atoms with Crippen LogP contribution in [0.25, 0.3) is 0 Å². The molecule has 0 atom stereocenters. The third kappa shape index (κ3) is 8.18. The highest BCUT2D eigenvalue weighted by atomic mass is 127. The molecule has 138 valence electrons. The number of aryl methyl sites for hydroxylation is 2. The number of aliphatic imine (C=N–C) groups is 1. The van der Waals surface area contributed by atoms with Crippen molar-refractivity contribution in [1.82, 2.24) is 15.6 Å². The number of rotatable bonds is 8. The molecule has 1 heterocycles. The Balaban J connectivity index is 0.00000312. The zero-order chi connectivity index (χ0) is 17.2. The van der Waals surface area contributed by atoms with Gasteiger partial charge in [0.1, 0.15) is 0 Å². The second-order valence-electron chi connectivity index (χ2n) is 5.72. The Morgan fingerprint density at radius 3 is 2.40 bits per heavy atom. The Labute approximate surface area is 172 Å². The quantitative estimate of drug-likeness (QED) is 0.347. The van der Waals surface area contributed by atoms with Crippen LogP contribution in [0.3, 0.4) is 0 Å². The fourth-order valence-corrected chi connectivity index (χ4v) is 3.06. The molecule has 25 heavy (non-hydrogen) atoms. The molecular formula is C19H29IN4S. The topological polar surface area (TPSA) is 49.3 Å². The number of guanidine groups is 1. The summed E-state index contributed by atoms with van der Waals surface area (Å²) >= 11 is 1.70. The molecule has 0 fully saturated rings. The predicted molar refractivity (Wildman–Crippen MR) is 119 cm³/mol. The van der Waals surface area contributed by atoms with E-state index < -0.39 is 0 Å². The number of aromatic nitrogens is 1. The molecular weight excluding hydrogens is 443 g/mol. The van der Waals surface area contributed by atoms with Crippen molar-refractivity contribution in [3.8, 4) is 0 Å². The number of benzene rings is 1. The molecule has 1 aromatic carbocycles. The summed E-state index contributed by atoms with van der Waals surface area (Å²) in [6.07, 6.45) is 2.98. The van der Waals surface area contributed by atoms with Crippen LogP contribution in [-0.4, -0.2) is 30.6 Å². The van der Waals surface area contributed by atoms with Crippen molar-refractivity contribution in [2.45, 2.75) is 40.0 Å². The highest BCUT2D eigenvalue weighted by Gasteiger charge is 2.00. The zero-order valence-corrected chi connectivity index (χ0v) is 18.5. The molecule has 0 aliphatic heterocycles. The molecule has 0 saturated heterocycles. The molecule has 2 N–H and O–H groups in total. The molecule has 0 saturated carbocycles. The van der Waals surface area contributed by atoms with Crippen LogP contribution in [0.2, 0.25) is 0 Å². The molecule has 0 aliphatic rings. The fraction of sp³-hybridized carbons (Fsp3) is 0.474. The Bertz CT molecular complexity index is 637. The lowest BCUT2D eigenvalue weighted by Gasteiger charge is -2.11. The molecule has 0 unspecified atom stereocenters. The Morgan fingerprint density at radius 2 is 1.80 bits per heavy atom. The number of nitrogens with one attached hydrogen (secondary N) is 2. The monoisotopic (exact) mass is 472 g/mol. The van der Waals surface area contributed by atoms with Crippen LogP contribution < -0.4 is 10.6 Å². The van der Waals surface area contributed by atoms with Gasteiger partial charge < -0.3 is 10.6 Å². The Hall–Kier alpha value is -1.15. The van der Waals surface area contributed by atoms with Gasteiger partial charge in [0.25, 0.3) is 0 Å². The van der Waals surface area contributed by atoms with E-state index in [1.165, 1.54) is 11.1 Å². The fourth-order valence-electron chi connectivity index (χ4n) is 2.41. The summed E-state index contributed by atoms with van der Waals surface area (Å²) in [6.45, 7) is 8.81. The standard InChI is InChI=1S/C19H28N4S.HI/c1-4-16-6-8-17(9-7-16)10-12-21-19(20-5-2)22-13-11-18-14-24-15(3)23-18;/h6-9,14H,4-5,10-13H2,1-3H3,(H2,20,21,22);1H. The van der Waals surface area contributed by atoms with E-state index in [1.807, 2.05) is 6.92 Å². The summed E-state index contributed by atoms with van der Waals surface area (Å²) < 4.78 is 0. The van der Waals surface area contributed by atoms with Crippen molar-refractivity contribution < 1.29 is 0 Å². The van der Waals surface area contributed by atoms with Crippen molar-refractivity contribution in [2.24, 2.45) is 4.99 Å². The largest absolute Gasteiger partial charge is 0.357 e. The van der Waals surface area contributed by atoms with E-state index >= 15 is 0 Å². The average Bonchev–Trinajstić information content (AvgIpc) is 3.01. The minimum atomic E-state index is 0. The van der Waals surface area contributed by atoms with Gasteiger partial charge in [0.15, 0.2) is 5.96 Å². The predicted octanol–water partition coefficient (Wildman–Crippen LogP) is 3.97. The third-order valence-corrected chi connectivity index (χ3v) is 4.61. The van der Waals surface area contributed by atoms with Gasteiger partial charge in [0.2, 0.25) is 0 Å². The Morgan fingerprint density at radius 1 is 1.08 bits per heavy atom. The van der Waals surface area contributed by atoms with Gasteiger partial charge in [0.05, 0.1) is 10.7 Å². The second kappa shape index (κ2) is 12.2. The van der Waals surface area contributed by atoms with Crippen molar-refractivity contribution in [3.05, 3.63) is 51.5 Å². The molecule has 2 rings (SSSR count). The van der Waals surface area contributed by atoms with E-state index in [0.29, 0.717) is 0 Å². The van der Waals surface area contributed by atoms with Crippen molar-refractivity contribution in [3.63, 3.8) is 0 Å². The van der Waals surface area contributed by atoms with Crippen LogP contribution in [0.1, 0.15) is 35.7 Å². The van der Waals surface area contributed by atoms with Gasteiger partial charge in [-0.25, -0.2) is 4.98 Å². The van der Waals surface area contributed by atoms with E-state index in [4.69, 9.17) is 0 Å². The van der Waals surface area contributed by atoms with E-state index in [2.05, 4.69) is 64.1 Å². The molecule has 0 amide bonds. The van der Waals surface area contributed by atoms with Gasteiger partial charge in [-0.3, -0.25) is 4.99 Å². The molecule has 0 aliphatic carbocycles. The minimum Gasteiger partial charge on any atom is -0.357 e. The number of hydrogen-bond donors (Lipinski definition) is 2. The van der Waals surface area contributed by atoms with E-state index in [1.54, 1.807) is 11.3 Å². The van der Waals surface area contributed by atoms with Gasteiger partial charge in [-0.2, -0.15) is 0 Å². The second-order valence-corrected chi connectivity index (χ2v) is 6.78. The summed E-state index contributed by atoms with van der Waals surface area (Å²) in [5.41, 5.74) is 3.88. The normalized spacial score (nSPS) is 11.1. The molecule has 0 spiro atoms. The summed E-state index contributed by atoms with van der Waals surface area (Å²) in [6, 6.07) is 8.86. The first-order chi connectivity index (χ1) is 11.7. The van der Waals surface area contributed by atoms with Crippen molar-refractivity contribution in [2.75, 3.05) is 19.6 Å². The number of halogens is 1. The third-order valence-electron chi connectivity index (χ3n) is 3.79. The molecule has 2 aromatic rings. The first-order valence-corrected chi connectivity index (χ1v) is 9.60. The maximum Gasteiger partial charge on any atom is 0.191 e. The molecule has 6 heteroatoms. The van der Waals surface area contributed by atoms with Crippen LogP contribution in [0.15, 0.2) is 34.6 Å². The first-order valence-electron chi connectivity index (χ1n) is 8.72. The molecule has 4 nitrogen and oxygen atoms in total. The van der Waals surface area contributed by atoms with Gasteiger partial charge in [-0.1, -0.05) is 31.2 Å². The lowest BCUT2D eigenvalue weighted by atomic mass is 10.1.